The van der Waals surface area contributed by atoms with E-state index in [1.54, 1.807) is 12.1 Å². The first-order valence-electron chi connectivity index (χ1n) is 6.56. The molecule has 0 amide bonds. The number of aryl methyl sites for hydroxylation is 2. The Balaban J connectivity index is 2.70. The monoisotopic (exact) mass is 292 g/mol. The van der Waals surface area contributed by atoms with Crippen molar-refractivity contribution in [1.82, 2.24) is 9.78 Å². The number of nitrogens with zero attached hydrogens (tertiary/aromatic N) is 2. The highest BCUT2D eigenvalue weighted by Crippen LogP contribution is 2.31. The van der Waals surface area contributed by atoms with Crippen LogP contribution in [0, 0.1) is 0 Å². The lowest BCUT2D eigenvalue weighted by molar-refractivity contribution is 0.0697. The number of aromatic carboxylic acids is 1. The number of carboxylic acid groups (broad SMARTS) is 1. The molecule has 1 heterocycles. The molecule has 0 aliphatic heterocycles. The van der Waals surface area contributed by atoms with E-state index in [1.807, 2.05) is 18.7 Å². The highest BCUT2D eigenvalue weighted by atomic mass is 35.5. The lowest BCUT2D eigenvalue weighted by Gasteiger charge is -2.07. The van der Waals surface area contributed by atoms with Crippen molar-refractivity contribution in [2.45, 2.75) is 26.7 Å². The average molecular weight is 293 g/mol. The minimum absolute atomic E-state index is 0.195. The molecule has 1 aromatic heterocycles. The van der Waals surface area contributed by atoms with Crippen LogP contribution in [-0.2, 0) is 19.9 Å². The largest absolute Gasteiger partial charge is 0.478 e. The number of hydrogen-bond acceptors (Lipinski definition) is 2. The molecule has 20 heavy (non-hydrogen) atoms. The molecule has 0 unspecified atom stereocenters. The molecule has 0 aliphatic carbocycles. The summed E-state index contributed by atoms with van der Waals surface area (Å²) in [6, 6.07) is 4.91. The Labute approximate surface area is 123 Å². The average Bonchev–Trinajstić information content (AvgIpc) is 2.73. The molecule has 0 bridgehead atoms. The van der Waals surface area contributed by atoms with E-state index in [0.717, 1.165) is 35.4 Å². The number of carbonyl (C=O) groups is 1. The van der Waals surface area contributed by atoms with Crippen LogP contribution in [0.15, 0.2) is 18.2 Å². The first kappa shape index (κ1) is 14.6. The third kappa shape index (κ3) is 2.56. The fraction of sp³-hybridized carbons (Fsp3) is 0.333. The van der Waals surface area contributed by atoms with Gasteiger partial charge in [0.2, 0.25) is 0 Å². The van der Waals surface area contributed by atoms with Gasteiger partial charge < -0.3 is 5.11 Å². The lowest BCUT2D eigenvalue weighted by Crippen LogP contribution is -1.99. The van der Waals surface area contributed by atoms with Crippen molar-refractivity contribution in [1.29, 1.82) is 0 Å². The molecular formula is C15H17ClN2O2. The SMILES string of the molecule is CCc1nn(C)c(CC)c1-c1cc(Cl)cc(C(=O)O)c1. The van der Waals surface area contributed by atoms with Crippen LogP contribution in [-0.4, -0.2) is 20.9 Å². The molecular weight excluding hydrogens is 276 g/mol. The highest BCUT2D eigenvalue weighted by molar-refractivity contribution is 6.31. The summed E-state index contributed by atoms with van der Waals surface area (Å²) in [4.78, 5) is 11.2. The van der Waals surface area contributed by atoms with E-state index in [0.29, 0.717) is 5.02 Å². The Morgan fingerprint density at radius 3 is 2.55 bits per heavy atom. The minimum atomic E-state index is -0.978. The zero-order valence-electron chi connectivity index (χ0n) is 11.8. The van der Waals surface area contributed by atoms with Crippen LogP contribution in [0.4, 0.5) is 0 Å². The molecule has 5 heteroatoms. The van der Waals surface area contributed by atoms with Crippen molar-refractivity contribution in [3.63, 3.8) is 0 Å². The number of rotatable bonds is 4. The van der Waals surface area contributed by atoms with Crippen LogP contribution >= 0.6 is 11.6 Å². The van der Waals surface area contributed by atoms with Crippen LogP contribution in [0.5, 0.6) is 0 Å². The quantitative estimate of drug-likeness (QED) is 0.937. The third-order valence-corrected chi connectivity index (χ3v) is 3.56. The number of aromatic nitrogens is 2. The topological polar surface area (TPSA) is 55.1 Å². The summed E-state index contributed by atoms with van der Waals surface area (Å²) in [5.41, 5.74) is 4.06. The van der Waals surface area contributed by atoms with Crippen molar-refractivity contribution >= 4 is 17.6 Å². The summed E-state index contributed by atoms with van der Waals surface area (Å²) in [5, 5.41) is 14.1. The third-order valence-electron chi connectivity index (χ3n) is 3.34. The molecule has 4 nitrogen and oxygen atoms in total. The van der Waals surface area contributed by atoms with E-state index in [-0.39, 0.29) is 5.56 Å². The molecule has 2 rings (SSSR count). The smallest absolute Gasteiger partial charge is 0.335 e. The van der Waals surface area contributed by atoms with Crippen LogP contribution < -0.4 is 0 Å². The van der Waals surface area contributed by atoms with Crippen molar-refractivity contribution < 1.29 is 9.90 Å². The Bertz CT molecular complexity index is 662. The van der Waals surface area contributed by atoms with Crippen molar-refractivity contribution in [3.05, 3.63) is 40.2 Å². The molecule has 0 spiro atoms. The number of carboxylic acids is 1. The van der Waals surface area contributed by atoms with Crippen molar-refractivity contribution in [2.75, 3.05) is 0 Å². The predicted octanol–water partition coefficient (Wildman–Crippen LogP) is 3.56. The van der Waals surface area contributed by atoms with Gasteiger partial charge in [0.05, 0.1) is 11.3 Å². The second-order valence-electron chi connectivity index (χ2n) is 4.63. The van der Waals surface area contributed by atoms with Gasteiger partial charge in [0, 0.05) is 23.3 Å². The van der Waals surface area contributed by atoms with Gasteiger partial charge in [0.1, 0.15) is 0 Å². The van der Waals surface area contributed by atoms with Crippen LogP contribution in [0.1, 0.15) is 35.6 Å². The Morgan fingerprint density at radius 1 is 1.30 bits per heavy atom. The second-order valence-corrected chi connectivity index (χ2v) is 5.07. The van der Waals surface area contributed by atoms with E-state index in [2.05, 4.69) is 12.0 Å². The fourth-order valence-corrected chi connectivity index (χ4v) is 2.70. The van der Waals surface area contributed by atoms with Gasteiger partial charge in [-0.25, -0.2) is 4.79 Å². The first-order valence-corrected chi connectivity index (χ1v) is 6.94. The van der Waals surface area contributed by atoms with Crippen molar-refractivity contribution in [2.24, 2.45) is 7.05 Å². The van der Waals surface area contributed by atoms with Gasteiger partial charge >= 0.3 is 5.97 Å². The van der Waals surface area contributed by atoms with E-state index in [1.165, 1.54) is 6.07 Å². The highest BCUT2D eigenvalue weighted by Gasteiger charge is 2.17. The zero-order valence-corrected chi connectivity index (χ0v) is 12.5. The van der Waals surface area contributed by atoms with Gasteiger partial charge in [-0.15, -0.1) is 0 Å². The van der Waals surface area contributed by atoms with E-state index in [9.17, 15) is 4.79 Å². The summed E-state index contributed by atoms with van der Waals surface area (Å²) < 4.78 is 1.86. The number of benzene rings is 1. The number of hydrogen-bond donors (Lipinski definition) is 1. The summed E-state index contributed by atoms with van der Waals surface area (Å²) in [6.45, 7) is 4.09. The Morgan fingerprint density at radius 2 is 2.00 bits per heavy atom. The van der Waals surface area contributed by atoms with Gasteiger partial charge in [-0.05, 0) is 36.6 Å². The fourth-order valence-electron chi connectivity index (χ4n) is 2.46. The maximum Gasteiger partial charge on any atom is 0.335 e. The summed E-state index contributed by atoms with van der Waals surface area (Å²) in [5.74, 6) is -0.978. The minimum Gasteiger partial charge on any atom is -0.478 e. The molecule has 1 N–H and O–H groups in total. The lowest BCUT2D eigenvalue weighted by atomic mass is 9.98. The predicted molar refractivity (Wildman–Crippen MR) is 79.4 cm³/mol. The summed E-state index contributed by atoms with van der Waals surface area (Å²) in [6.07, 6.45) is 1.62. The van der Waals surface area contributed by atoms with Gasteiger partial charge in [0.25, 0.3) is 0 Å². The van der Waals surface area contributed by atoms with E-state index in [4.69, 9.17) is 16.7 Å². The van der Waals surface area contributed by atoms with Gasteiger partial charge in [-0.2, -0.15) is 5.10 Å². The molecule has 0 aliphatic rings. The molecule has 0 radical (unpaired) electrons. The molecule has 106 valence electrons. The molecule has 0 saturated carbocycles. The van der Waals surface area contributed by atoms with Crippen LogP contribution in [0.2, 0.25) is 5.02 Å². The van der Waals surface area contributed by atoms with Crippen molar-refractivity contribution in [3.8, 4) is 11.1 Å². The van der Waals surface area contributed by atoms with Gasteiger partial charge in [-0.1, -0.05) is 25.4 Å². The zero-order chi connectivity index (χ0) is 14.9. The Kier molecular flexibility index (Phi) is 4.14. The number of halogens is 1. The summed E-state index contributed by atoms with van der Waals surface area (Å²) in [7, 11) is 1.91. The maximum absolute atomic E-state index is 11.2. The standard InChI is InChI=1S/C15H17ClN2O2/c1-4-12-14(13(5-2)18(3)17-12)9-6-10(15(19)20)8-11(16)7-9/h6-8H,4-5H2,1-3H3,(H,19,20). The first-order chi connectivity index (χ1) is 9.47. The molecule has 0 fully saturated rings. The second kappa shape index (κ2) is 5.67. The van der Waals surface area contributed by atoms with Gasteiger partial charge in [0.15, 0.2) is 0 Å². The van der Waals surface area contributed by atoms with E-state index < -0.39 is 5.97 Å². The normalized spacial score (nSPS) is 10.8. The molecule has 0 saturated heterocycles. The molecule has 1 aromatic carbocycles. The Hall–Kier alpha value is -1.81. The van der Waals surface area contributed by atoms with Crippen LogP contribution in [0.25, 0.3) is 11.1 Å². The molecule has 2 aromatic rings. The summed E-state index contributed by atoms with van der Waals surface area (Å²) >= 11 is 6.05. The van der Waals surface area contributed by atoms with E-state index >= 15 is 0 Å². The van der Waals surface area contributed by atoms with Gasteiger partial charge in [-0.3, -0.25) is 4.68 Å². The van der Waals surface area contributed by atoms with Crippen LogP contribution in [0.3, 0.4) is 0 Å². The molecule has 0 atom stereocenters. The maximum atomic E-state index is 11.2.